The molecule has 0 unspecified atom stereocenters. The first-order valence-corrected chi connectivity index (χ1v) is 7.36. The Hall–Kier alpha value is -2.20. The van der Waals surface area contributed by atoms with E-state index >= 15 is 0 Å². The van der Waals surface area contributed by atoms with Crippen molar-refractivity contribution in [2.45, 2.75) is 13.5 Å². The highest BCUT2D eigenvalue weighted by molar-refractivity contribution is 5.40. The fraction of sp³-hybridized carbons (Fsp3) is 0.333. The van der Waals surface area contributed by atoms with E-state index in [-0.39, 0.29) is 0 Å². The average molecular weight is 301 g/mol. The Morgan fingerprint density at radius 1 is 0.955 bits per heavy atom. The fourth-order valence-corrected chi connectivity index (χ4v) is 2.15. The molecule has 0 spiro atoms. The summed E-state index contributed by atoms with van der Waals surface area (Å²) in [6.45, 7) is 3.78. The standard InChI is InChI=1S/C18H23NO3/c1-14-5-4-6-17(11-14)21-9-10-22-18-12-16(20-3)8-7-15(18)13-19-2/h4-8,11-12,19H,9-10,13H2,1-3H3. The number of hydrogen-bond acceptors (Lipinski definition) is 4. The van der Waals surface area contributed by atoms with Crippen LogP contribution in [0, 0.1) is 6.92 Å². The Balaban J connectivity index is 1.90. The lowest BCUT2D eigenvalue weighted by Gasteiger charge is -2.13. The second-order valence-corrected chi connectivity index (χ2v) is 5.02. The van der Waals surface area contributed by atoms with E-state index in [1.165, 1.54) is 5.56 Å². The highest BCUT2D eigenvalue weighted by Gasteiger charge is 2.05. The van der Waals surface area contributed by atoms with Crippen molar-refractivity contribution in [3.63, 3.8) is 0 Å². The molecule has 0 fully saturated rings. The number of rotatable bonds is 8. The van der Waals surface area contributed by atoms with E-state index in [2.05, 4.69) is 5.32 Å². The van der Waals surface area contributed by atoms with Crippen LogP contribution in [0.1, 0.15) is 11.1 Å². The third-order valence-electron chi connectivity index (χ3n) is 3.24. The Morgan fingerprint density at radius 3 is 2.50 bits per heavy atom. The number of methoxy groups -OCH3 is 1. The summed E-state index contributed by atoms with van der Waals surface area (Å²) in [5.41, 5.74) is 2.28. The minimum atomic E-state index is 0.484. The number of ether oxygens (including phenoxy) is 3. The van der Waals surface area contributed by atoms with Gasteiger partial charge in [0.2, 0.25) is 0 Å². The molecule has 0 aliphatic rings. The van der Waals surface area contributed by atoms with Crippen LogP contribution in [0.5, 0.6) is 17.2 Å². The average Bonchev–Trinajstić information content (AvgIpc) is 2.53. The van der Waals surface area contributed by atoms with Crippen molar-refractivity contribution in [2.75, 3.05) is 27.4 Å². The van der Waals surface area contributed by atoms with Gasteiger partial charge in [-0.05, 0) is 37.7 Å². The highest BCUT2D eigenvalue weighted by atomic mass is 16.5. The van der Waals surface area contributed by atoms with E-state index in [0.717, 1.165) is 29.4 Å². The Labute approximate surface area is 132 Å². The smallest absolute Gasteiger partial charge is 0.127 e. The predicted octanol–water partition coefficient (Wildman–Crippen LogP) is 3.18. The second kappa shape index (κ2) is 8.29. The lowest BCUT2D eigenvalue weighted by atomic mass is 10.2. The molecule has 0 amide bonds. The predicted molar refractivity (Wildman–Crippen MR) is 87.9 cm³/mol. The summed E-state index contributed by atoms with van der Waals surface area (Å²) in [4.78, 5) is 0. The topological polar surface area (TPSA) is 39.7 Å². The van der Waals surface area contributed by atoms with Crippen molar-refractivity contribution in [3.05, 3.63) is 53.6 Å². The maximum absolute atomic E-state index is 5.84. The summed E-state index contributed by atoms with van der Waals surface area (Å²) in [6, 6.07) is 13.8. The van der Waals surface area contributed by atoms with Gasteiger partial charge in [-0.2, -0.15) is 0 Å². The zero-order valence-electron chi connectivity index (χ0n) is 13.4. The van der Waals surface area contributed by atoms with E-state index in [0.29, 0.717) is 13.2 Å². The molecule has 0 aliphatic heterocycles. The molecule has 0 saturated heterocycles. The molecule has 0 atom stereocenters. The molecule has 1 N–H and O–H groups in total. The minimum Gasteiger partial charge on any atom is -0.497 e. The van der Waals surface area contributed by atoms with E-state index in [9.17, 15) is 0 Å². The van der Waals surface area contributed by atoms with Crippen LogP contribution in [-0.2, 0) is 6.54 Å². The van der Waals surface area contributed by atoms with Crippen LogP contribution >= 0.6 is 0 Å². The summed E-state index contributed by atoms with van der Waals surface area (Å²) in [6.07, 6.45) is 0. The van der Waals surface area contributed by atoms with Crippen LogP contribution in [0.3, 0.4) is 0 Å². The van der Waals surface area contributed by atoms with Crippen molar-refractivity contribution in [2.24, 2.45) is 0 Å². The van der Waals surface area contributed by atoms with E-state index in [1.54, 1.807) is 7.11 Å². The van der Waals surface area contributed by atoms with Crippen molar-refractivity contribution in [3.8, 4) is 17.2 Å². The summed E-state index contributed by atoms with van der Waals surface area (Å²) in [5.74, 6) is 2.47. The molecule has 2 aromatic carbocycles. The molecule has 0 heterocycles. The first-order chi connectivity index (χ1) is 10.7. The third-order valence-corrected chi connectivity index (χ3v) is 3.24. The van der Waals surface area contributed by atoms with Crippen LogP contribution < -0.4 is 19.5 Å². The quantitative estimate of drug-likeness (QED) is 0.760. The largest absolute Gasteiger partial charge is 0.497 e. The molecule has 0 aliphatic carbocycles. The van der Waals surface area contributed by atoms with Crippen molar-refractivity contribution in [1.82, 2.24) is 5.32 Å². The van der Waals surface area contributed by atoms with Gasteiger partial charge in [0.05, 0.1) is 7.11 Å². The normalized spacial score (nSPS) is 10.3. The monoisotopic (exact) mass is 301 g/mol. The zero-order valence-corrected chi connectivity index (χ0v) is 13.4. The summed E-state index contributed by atoms with van der Waals surface area (Å²) in [7, 11) is 3.56. The number of aryl methyl sites for hydroxylation is 1. The summed E-state index contributed by atoms with van der Waals surface area (Å²) in [5, 5.41) is 3.13. The highest BCUT2D eigenvalue weighted by Crippen LogP contribution is 2.24. The van der Waals surface area contributed by atoms with Crippen molar-refractivity contribution >= 4 is 0 Å². The van der Waals surface area contributed by atoms with Gasteiger partial charge >= 0.3 is 0 Å². The number of benzene rings is 2. The lowest BCUT2D eigenvalue weighted by Crippen LogP contribution is -2.12. The molecule has 118 valence electrons. The van der Waals surface area contributed by atoms with Crippen LogP contribution in [0.15, 0.2) is 42.5 Å². The zero-order chi connectivity index (χ0) is 15.8. The minimum absolute atomic E-state index is 0.484. The fourth-order valence-electron chi connectivity index (χ4n) is 2.15. The SMILES string of the molecule is CNCc1ccc(OC)cc1OCCOc1cccc(C)c1. The Bertz CT molecular complexity index is 599. The molecule has 4 heteroatoms. The molecule has 0 aromatic heterocycles. The number of nitrogens with one attached hydrogen (secondary N) is 1. The first-order valence-electron chi connectivity index (χ1n) is 7.36. The molecular weight excluding hydrogens is 278 g/mol. The summed E-state index contributed by atoms with van der Waals surface area (Å²) < 4.78 is 16.8. The molecule has 2 aromatic rings. The molecule has 4 nitrogen and oxygen atoms in total. The van der Waals surface area contributed by atoms with E-state index in [4.69, 9.17) is 14.2 Å². The maximum Gasteiger partial charge on any atom is 0.127 e. The van der Waals surface area contributed by atoms with Crippen molar-refractivity contribution < 1.29 is 14.2 Å². The van der Waals surface area contributed by atoms with Gasteiger partial charge in [0.1, 0.15) is 30.5 Å². The molecule has 0 radical (unpaired) electrons. The Kier molecular flexibility index (Phi) is 6.10. The van der Waals surface area contributed by atoms with Crippen molar-refractivity contribution in [1.29, 1.82) is 0 Å². The lowest BCUT2D eigenvalue weighted by molar-refractivity contribution is 0.215. The second-order valence-electron chi connectivity index (χ2n) is 5.02. The van der Waals surface area contributed by atoms with Gasteiger partial charge in [0.15, 0.2) is 0 Å². The first kappa shape index (κ1) is 16.2. The van der Waals surface area contributed by atoms with Gasteiger partial charge in [-0.3, -0.25) is 0 Å². The van der Waals surface area contributed by atoms with Gasteiger partial charge in [-0.25, -0.2) is 0 Å². The molecule has 22 heavy (non-hydrogen) atoms. The van der Waals surface area contributed by atoms with Gasteiger partial charge < -0.3 is 19.5 Å². The summed E-state index contributed by atoms with van der Waals surface area (Å²) >= 11 is 0. The maximum atomic E-state index is 5.84. The van der Waals surface area contributed by atoms with E-state index < -0.39 is 0 Å². The van der Waals surface area contributed by atoms with Gasteiger partial charge in [-0.1, -0.05) is 18.2 Å². The Morgan fingerprint density at radius 2 is 1.77 bits per heavy atom. The van der Waals surface area contributed by atoms with Gasteiger partial charge in [0, 0.05) is 18.2 Å². The molecule has 0 saturated carbocycles. The molecule has 2 rings (SSSR count). The van der Waals surface area contributed by atoms with Crippen LogP contribution in [-0.4, -0.2) is 27.4 Å². The third kappa shape index (κ3) is 4.67. The van der Waals surface area contributed by atoms with Gasteiger partial charge in [0.25, 0.3) is 0 Å². The van der Waals surface area contributed by atoms with Crippen LogP contribution in [0.4, 0.5) is 0 Å². The van der Waals surface area contributed by atoms with Crippen LogP contribution in [0.25, 0.3) is 0 Å². The van der Waals surface area contributed by atoms with Crippen LogP contribution in [0.2, 0.25) is 0 Å². The molecular formula is C18H23NO3. The van der Waals surface area contributed by atoms with E-state index in [1.807, 2.05) is 56.4 Å². The number of hydrogen-bond donors (Lipinski definition) is 1. The molecule has 0 bridgehead atoms. The van der Waals surface area contributed by atoms with Gasteiger partial charge in [-0.15, -0.1) is 0 Å².